The van der Waals surface area contributed by atoms with Gasteiger partial charge in [-0.2, -0.15) is 0 Å². The van der Waals surface area contributed by atoms with Crippen LogP contribution in [0.2, 0.25) is 0 Å². The maximum atomic E-state index is 13.0. The van der Waals surface area contributed by atoms with Crippen LogP contribution in [0.4, 0.5) is 4.39 Å². The molecule has 3 N–H and O–H groups in total. The summed E-state index contributed by atoms with van der Waals surface area (Å²) in [5, 5.41) is 15.3. The van der Waals surface area contributed by atoms with Gasteiger partial charge in [-0.3, -0.25) is 4.79 Å². The summed E-state index contributed by atoms with van der Waals surface area (Å²) in [5.41, 5.74) is 0.153. The largest absolute Gasteiger partial charge is 0.385 e. The van der Waals surface area contributed by atoms with E-state index in [9.17, 15) is 14.3 Å². The van der Waals surface area contributed by atoms with Crippen LogP contribution in [-0.2, 0) is 0 Å². The lowest BCUT2D eigenvalue weighted by molar-refractivity contribution is -0.00760. The van der Waals surface area contributed by atoms with Crippen LogP contribution >= 0.6 is 0 Å². The van der Waals surface area contributed by atoms with Gasteiger partial charge in [-0.25, -0.2) is 4.39 Å². The Labute approximate surface area is 98.8 Å². The zero-order valence-corrected chi connectivity index (χ0v) is 9.59. The van der Waals surface area contributed by atoms with Crippen molar-refractivity contribution in [1.82, 2.24) is 10.6 Å². The Kier molecular flexibility index (Phi) is 3.13. The molecule has 0 spiro atoms. The molecular formula is C12H15FN2O2. The van der Waals surface area contributed by atoms with Gasteiger partial charge in [0, 0.05) is 25.2 Å². The summed E-state index contributed by atoms with van der Waals surface area (Å²) < 4.78 is 13.0. The number of hydrogen-bond donors (Lipinski definition) is 3. The lowest BCUT2D eigenvalue weighted by Crippen LogP contribution is -2.64. The predicted octanol–water partition coefficient (Wildman–Crippen LogP) is 0.198. The summed E-state index contributed by atoms with van der Waals surface area (Å²) in [6.45, 7) is 2.85. The van der Waals surface area contributed by atoms with Crippen LogP contribution in [0.1, 0.15) is 15.9 Å². The van der Waals surface area contributed by atoms with Crippen LogP contribution < -0.4 is 10.6 Å². The lowest BCUT2D eigenvalue weighted by atomic mass is 9.97. The molecule has 0 aliphatic carbocycles. The highest BCUT2D eigenvalue weighted by molar-refractivity contribution is 5.95. The Hall–Kier alpha value is -1.46. The van der Waals surface area contributed by atoms with Gasteiger partial charge in [0.2, 0.25) is 0 Å². The smallest absolute Gasteiger partial charge is 0.251 e. The molecule has 4 nitrogen and oxygen atoms in total. The van der Waals surface area contributed by atoms with E-state index in [2.05, 4.69) is 10.6 Å². The minimum atomic E-state index is -0.864. The van der Waals surface area contributed by atoms with Crippen molar-refractivity contribution in [2.45, 2.75) is 12.5 Å². The van der Waals surface area contributed by atoms with Crippen LogP contribution in [0, 0.1) is 12.7 Å². The van der Waals surface area contributed by atoms with Gasteiger partial charge in [0.05, 0.1) is 0 Å². The second kappa shape index (κ2) is 4.43. The molecule has 0 unspecified atom stereocenters. The quantitative estimate of drug-likeness (QED) is 0.705. The molecular weight excluding hydrogens is 223 g/mol. The molecule has 0 saturated carbocycles. The molecule has 0 aromatic heterocycles. The van der Waals surface area contributed by atoms with E-state index in [0.717, 1.165) is 0 Å². The SMILES string of the molecule is Cc1ccc(F)cc1C(=O)NCC1(O)CNC1. The Morgan fingerprint density at radius 3 is 2.88 bits per heavy atom. The molecule has 17 heavy (non-hydrogen) atoms. The molecule has 1 heterocycles. The average molecular weight is 238 g/mol. The van der Waals surface area contributed by atoms with E-state index in [-0.39, 0.29) is 12.5 Å². The topological polar surface area (TPSA) is 61.4 Å². The first-order valence-electron chi connectivity index (χ1n) is 5.48. The number of amides is 1. The zero-order valence-electron chi connectivity index (χ0n) is 9.59. The molecule has 0 bridgehead atoms. The molecule has 92 valence electrons. The van der Waals surface area contributed by atoms with Crippen LogP contribution in [0.15, 0.2) is 18.2 Å². The molecule has 1 aliphatic heterocycles. The fourth-order valence-electron chi connectivity index (χ4n) is 1.72. The van der Waals surface area contributed by atoms with E-state index in [1.165, 1.54) is 12.1 Å². The fourth-order valence-corrected chi connectivity index (χ4v) is 1.72. The third-order valence-electron chi connectivity index (χ3n) is 2.93. The molecule has 1 saturated heterocycles. The van der Waals surface area contributed by atoms with Crippen molar-refractivity contribution >= 4 is 5.91 Å². The minimum Gasteiger partial charge on any atom is -0.385 e. The van der Waals surface area contributed by atoms with Crippen molar-refractivity contribution < 1.29 is 14.3 Å². The Balaban J connectivity index is 2.01. The first-order chi connectivity index (χ1) is 8.00. The molecule has 0 radical (unpaired) electrons. The maximum Gasteiger partial charge on any atom is 0.251 e. The number of carbonyl (C=O) groups excluding carboxylic acids is 1. The summed E-state index contributed by atoms with van der Waals surface area (Å²) in [6.07, 6.45) is 0. The van der Waals surface area contributed by atoms with Crippen LogP contribution in [0.5, 0.6) is 0 Å². The highest BCUT2D eigenvalue weighted by atomic mass is 19.1. The number of hydrogen-bond acceptors (Lipinski definition) is 3. The third kappa shape index (κ3) is 2.62. The molecule has 2 rings (SSSR count). The molecule has 1 aliphatic rings. The molecule has 1 aromatic rings. The number of rotatable bonds is 3. The zero-order chi connectivity index (χ0) is 12.5. The van der Waals surface area contributed by atoms with Gasteiger partial charge in [-0.05, 0) is 24.6 Å². The van der Waals surface area contributed by atoms with E-state index in [1.807, 2.05) is 0 Å². The average Bonchev–Trinajstić information content (AvgIpc) is 2.26. The van der Waals surface area contributed by atoms with Crippen molar-refractivity contribution in [2.75, 3.05) is 19.6 Å². The number of halogens is 1. The van der Waals surface area contributed by atoms with Crippen molar-refractivity contribution in [2.24, 2.45) is 0 Å². The highest BCUT2D eigenvalue weighted by Gasteiger charge is 2.34. The first kappa shape index (κ1) is 12.0. The first-order valence-corrected chi connectivity index (χ1v) is 5.48. The van der Waals surface area contributed by atoms with E-state index < -0.39 is 11.4 Å². The van der Waals surface area contributed by atoms with Gasteiger partial charge in [-0.15, -0.1) is 0 Å². The number of carbonyl (C=O) groups is 1. The summed E-state index contributed by atoms with van der Waals surface area (Å²) in [6, 6.07) is 4.08. The number of nitrogens with one attached hydrogen (secondary N) is 2. The third-order valence-corrected chi connectivity index (χ3v) is 2.93. The van der Waals surface area contributed by atoms with E-state index in [4.69, 9.17) is 0 Å². The molecule has 1 fully saturated rings. The van der Waals surface area contributed by atoms with Crippen LogP contribution in [0.3, 0.4) is 0 Å². The fraction of sp³-hybridized carbons (Fsp3) is 0.417. The summed E-state index contributed by atoms with van der Waals surface area (Å²) in [5.74, 6) is -0.799. The second-order valence-electron chi connectivity index (χ2n) is 4.47. The maximum absolute atomic E-state index is 13.0. The summed E-state index contributed by atoms with van der Waals surface area (Å²) in [4.78, 5) is 11.8. The van der Waals surface area contributed by atoms with Crippen molar-refractivity contribution in [3.05, 3.63) is 35.1 Å². The Morgan fingerprint density at radius 1 is 1.59 bits per heavy atom. The monoisotopic (exact) mass is 238 g/mol. The van der Waals surface area contributed by atoms with E-state index in [1.54, 1.807) is 13.0 Å². The molecule has 5 heteroatoms. The van der Waals surface area contributed by atoms with Crippen molar-refractivity contribution in [1.29, 1.82) is 0 Å². The van der Waals surface area contributed by atoms with Gasteiger partial charge < -0.3 is 15.7 Å². The standard InChI is InChI=1S/C12H15FN2O2/c1-8-2-3-9(13)4-10(8)11(16)15-7-12(17)5-14-6-12/h2-4,14,17H,5-7H2,1H3,(H,15,16). The van der Waals surface area contributed by atoms with Crippen LogP contribution in [-0.4, -0.2) is 36.2 Å². The Bertz CT molecular complexity index is 444. The number of β-amino-alcohol motifs (C(OH)–C–C–N with tert-alkyl or cyclic N) is 1. The Morgan fingerprint density at radius 2 is 2.29 bits per heavy atom. The minimum absolute atomic E-state index is 0.175. The van der Waals surface area contributed by atoms with Gasteiger partial charge in [0.15, 0.2) is 0 Å². The lowest BCUT2D eigenvalue weighted by Gasteiger charge is -2.37. The van der Waals surface area contributed by atoms with Crippen molar-refractivity contribution in [3.63, 3.8) is 0 Å². The van der Waals surface area contributed by atoms with E-state index in [0.29, 0.717) is 24.2 Å². The summed E-state index contributed by atoms with van der Waals surface area (Å²) >= 11 is 0. The van der Waals surface area contributed by atoms with Gasteiger partial charge >= 0.3 is 0 Å². The van der Waals surface area contributed by atoms with Gasteiger partial charge in [0.25, 0.3) is 5.91 Å². The van der Waals surface area contributed by atoms with Crippen molar-refractivity contribution in [3.8, 4) is 0 Å². The van der Waals surface area contributed by atoms with Gasteiger partial charge in [0.1, 0.15) is 11.4 Å². The number of aryl methyl sites for hydroxylation is 1. The highest BCUT2D eigenvalue weighted by Crippen LogP contribution is 2.12. The number of aliphatic hydroxyl groups is 1. The van der Waals surface area contributed by atoms with Crippen LogP contribution in [0.25, 0.3) is 0 Å². The predicted molar refractivity (Wildman–Crippen MR) is 61.3 cm³/mol. The molecule has 0 atom stereocenters. The summed E-state index contributed by atoms with van der Waals surface area (Å²) in [7, 11) is 0. The van der Waals surface area contributed by atoms with E-state index >= 15 is 0 Å². The second-order valence-corrected chi connectivity index (χ2v) is 4.47. The molecule has 1 amide bonds. The number of benzene rings is 1. The normalized spacial score (nSPS) is 17.4. The van der Waals surface area contributed by atoms with Gasteiger partial charge in [-0.1, -0.05) is 6.07 Å². The molecule has 1 aromatic carbocycles.